The van der Waals surface area contributed by atoms with Crippen LogP contribution in [0.3, 0.4) is 0 Å². The second kappa shape index (κ2) is 8.03. The number of hydrazine groups is 1. The van der Waals surface area contributed by atoms with Crippen molar-refractivity contribution in [3.05, 3.63) is 47.3 Å². The lowest BCUT2D eigenvalue weighted by molar-refractivity contribution is 0.268. The van der Waals surface area contributed by atoms with Crippen LogP contribution in [-0.4, -0.2) is 41.4 Å². The van der Waals surface area contributed by atoms with E-state index in [1.807, 2.05) is 6.07 Å². The van der Waals surface area contributed by atoms with Crippen molar-refractivity contribution in [2.24, 2.45) is 5.92 Å². The molecule has 2 heterocycles. The van der Waals surface area contributed by atoms with E-state index in [9.17, 15) is 8.42 Å². The molecule has 3 fully saturated rings. The van der Waals surface area contributed by atoms with Crippen LogP contribution in [0.4, 0.5) is 0 Å². The van der Waals surface area contributed by atoms with Crippen molar-refractivity contribution >= 4 is 10.0 Å². The summed E-state index contributed by atoms with van der Waals surface area (Å²) in [6, 6.07) is 10.7. The molecule has 3 N–H and O–H groups in total. The van der Waals surface area contributed by atoms with E-state index in [4.69, 9.17) is 0 Å². The summed E-state index contributed by atoms with van der Waals surface area (Å²) in [6.45, 7) is 2.42. The maximum atomic E-state index is 12.1. The zero-order chi connectivity index (χ0) is 20.7. The lowest BCUT2D eigenvalue weighted by Crippen LogP contribution is -2.47. The number of rotatable bonds is 7. The second-order valence-corrected chi connectivity index (χ2v) is 10.9. The summed E-state index contributed by atoms with van der Waals surface area (Å²) in [5.74, 6) is 1.18. The monoisotopic (exact) mass is 430 g/mol. The van der Waals surface area contributed by atoms with Gasteiger partial charge in [0, 0.05) is 23.8 Å². The van der Waals surface area contributed by atoms with E-state index in [0.29, 0.717) is 11.8 Å². The average Bonchev–Trinajstić information content (AvgIpc) is 3.40. The van der Waals surface area contributed by atoms with Gasteiger partial charge < -0.3 is 0 Å². The van der Waals surface area contributed by atoms with Crippen LogP contribution in [0.5, 0.6) is 0 Å². The van der Waals surface area contributed by atoms with Crippen molar-refractivity contribution in [1.29, 1.82) is 0 Å². The standard InChI is InChI=1S/C21H30N6O2S/c1-2-30(28,29)25-21-17-12-16(10-11-18(17)22-24-21)19-20(15-8-9-15)27(26-23-19)13-14-6-4-3-5-7-14/h3-7,15-18,21-22,24-25H,2,8-13H2,1H3. The fourth-order valence-corrected chi connectivity index (χ4v) is 5.76. The quantitative estimate of drug-likeness (QED) is 0.620. The molecule has 1 aliphatic heterocycles. The fourth-order valence-electron chi connectivity index (χ4n) is 4.97. The van der Waals surface area contributed by atoms with Crippen molar-refractivity contribution in [2.45, 2.75) is 69.6 Å². The average molecular weight is 431 g/mol. The highest BCUT2D eigenvalue weighted by Gasteiger charge is 2.44. The highest BCUT2D eigenvalue weighted by molar-refractivity contribution is 7.89. The third kappa shape index (κ3) is 4.03. The summed E-state index contributed by atoms with van der Waals surface area (Å²) in [5.41, 5.74) is 10.1. The minimum atomic E-state index is -3.26. The van der Waals surface area contributed by atoms with Gasteiger partial charge >= 0.3 is 0 Å². The Labute approximate surface area is 177 Å². The van der Waals surface area contributed by atoms with E-state index < -0.39 is 10.0 Å². The van der Waals surface area contributed by atoms with Gasteiger partial charge in [0.05, 0.1) is 29.9 Å². The molecule has 9 heteroatoms. The molecule has 0 amide bonds. The smallest absolute Gasteiger partial charge is 0.212 e. The van der Waals surface area contributed by atoms with Crippen molar-refractivity contribution in [3.63, 3.8) is 0 Å². The molecule has 2 saturated carbocycles. The summed E-state index contributed by atoms with van der Waals surface area (Å²) >= 11 is 0. The Morgan fingerprint density at radius 3 is 2.60 bits per heavy atom. The molecule has 0 bridgehead atoms. The van der Waals surface area contributed by atoms with Crippen LogP contribution in [0.15, 0.2) is 30.3 Å². The Hall–Kier alpha value is -1.81. The maximum absolute atomic E-state index is 12.1. The topological polar surface area (TPSA) is 101 Å². The van der Waals surface area contributed by atoms with Crippen LogP contribution in [0.1, 0.15) is 67.8 Å². The third-order valence-corrected chi connectivity index (χ3v) is 8.14. The molecule has 8 nitrogen and oxygen atoms in total. The predicted octanol–water partition coefficient (Wildman–Crippen LogP) is 1.83. The van der Waals surface area contributed by atoms with Gasteiger partial charge in [-0.25, -0.2) is 18.5 Å². The van der Waals surface area contributed by atoms with Gasteiger partial charge in [-0.2, -0.15) is 4.72 Å². The Balaban J connectivity index is 1.37. The molecule has 1 aromatic carbocycles. The highest BCUT2D eigenvalue weighted by Crippen LogP contribution is 2.46. The number of hydrogen-bond acceptors (Lipinski definition) is 6. The third-order valence-electron chi connectivity index (χ3n) is 6.77. The second-order valence-electron chi connectivity index (χ2n) is 8.85. The molecular weight excluding hydrogens is 400 g/mol. The number of aromatic nitrogens is 3. The van der Waals surface area contributed by atoms with E-state index in [-0.39, 0.29) is 23.9 Å². The van der Waals surface area contributed by atoms with Crippen LogP contribution in [0, 0.1) is 5.92 Å². The number of fused-ring (bicyclic) bond motifs is 1. The molecule has 0 radical (unpaired) electrons. The van der Waals surface area contributed by atoms with E-state index >= 15 is 0 Å². The largest absolute Gasteiger partial charge is 0.253 e. The van der Waals surface area contributed by atoms with Crippen molar-refractivity contribution in [2.75, 3.05) is 5.75 Å². The van der Waals surface area contributed by atoms with Crippen LogP contribution in [0.2, 0.25) is 0 Å². The van der Waals surface area contributed by atoms with Gasteiger partial charge in [0.1, 0.15) is 0 Å². The van der Waals surface area contributed by atoms with Crippen LogP contribution >= 0.6 is 0 Å². The molecule has 0 spiro atoms. The zero-order valence-electron chi connectivity index (χ0n) is 17.3. The first-order valence-electron chi connectivity index (χ1n) is 11.0. The van der Waals surface area contributed by atoms with Gasteiger partial charge in [0.2, 0.25) is 10.0 Å². The summed E-state index contributed by atoms with van der Waals surface area (Å²) in [7, 11) is -3.26. The van der Waals surface area contributed by atoms with E-state index in [1.54, 1.807) is 6.92 Å². The molecule has 4 unspecified atom stereocenters. The van der Waals surface area contributed by atoms with E-state index in [2.05, 4.69) is 54.8 Å². The zero-order valence-corrected chi connectivity index (χ0v) is 18.1. The molecule has 162 valence electrons. The van der Waals surface area contributed by atoms with Crippen molar-refractivity contribution in [3.8, 4) is 0 Å². The van der Waals surface area contributed by atoms with Gasteiger partial charge in [-0.05, 0) is 44.6 Å². The molecule has 3 aliphatic rings. The van der Waals surface area contributed by atoms with Crippen molar-refractivity contribution < 1.29 is 8.42 Å². The van der Waals surface area contributed by atoms with Gasteiger partial charge in [0.15, 0.2) is 0 Å². The minimum absolute atomic E-state index is 0.0889. The van der Waals surface area contributed by atoms with Crippen LogP contribution in [-0.2, 0) is 16.6 Å². The lowest BCUT2D eigenvalue weighted by atomic mass is 9.76. The first-order chi connectivity index (χ1) is 14.5. The minimum Gasteiger partial charge on any atom is -0.253 e. The van der Waals surface area contributed by atoms with Crippen molar-refractivity contribution in [1.82, 2.24) is 30.6 Å². The van der Waals surface area contributed by atoms with Crippen LogP contribution in [0.25, 0.3) is 0 Å². The molecule has 1 saturated heterocycles. The fraction of sp³-hybridized carbons (Fsp3) is 0.619. The normalized spacial score (nSPS) is 29.1. The summed E-state index contributed by atoms with van der Waals surface area (Å²) < 4.78 is 29.1. The summed E-state index contributed by atoms with van der Waals surface area (Å²) in [5, 5.41) is 9.21. The maximum Gasteiger partial charge on any atom is 0.212 e. The number of hydrogen-bond donors (Lipinski definition) is 3. The molecule has 4 atom stereocenters. The van der Waals surface area contributed by atoms with Gasteiger partial charge in [-0.3, -0.25) is 5.43 Å². The molecule has 2 aromatic rings. The molecule has 2 aliphatic carbocycles. The Morgan fingerprint density at radius 1 is 1.10 bits per heavy atom. The van der Waals surface area contributed by atoms with E-state index in [1.165, 1.54) is 24.1 Å². The summed E-state index contributed by atoms with van der Waals surface area (Å²) in [4.78, 5) is 0. The van der Waals surface area contributed by atoms with E-state index in [0.717, 1.165) is 31.5 Å². The predicted molar refractivity (Wildman–Crippen MR) is 114 cm³/mol. The molecule has 5 rings (SSSR count). The number of sulfonamides is 1. The first kappa shape index (κ1) is 20.1. The Bertz CT molecular complexity index is 988. The number of nitrogens with one attached hydrogen (secondary N) is 3. The van der Waals surface area contributed by atoms with Gasteiger partial charge in [-0.15, -0.1) is 5.10 Å². The molecular formula is C21H30N6O2S. The first-order valence-corrected chi connectivity index (χ1v) is 12.7. The van der Waals surface area contributed by atoms with Gasteiger partial charge in [0.25, 0.3) is 0 Å². The molecule has 30 heavy (non-hydrogen) atoms. The lowest BCUT2D eigenvalue weighted by Gasteiger charge is -2.32. The van der Waals surface area contributed by atoms with Crippen LogP contribution < -0.4 is 15.6 Å². The Kier molecular flexibility index (Phi) is 5.38. The SMILES string of the molecule is CCS(=O)(=O)NC1NNC2CCC(c3nnn(Cc4ccccc4)c3C3CC3)CC21. The number of nitrogens with zero attached hydrogens (tertiary/aromatic N) is 3. The summed E-state index contributed by atoms with van der Waals surface area (Å²) in [6.07, 6.45) is 5.10. The number of benzene rings is 1. The van der Waals surface area contributed by atoms with Gasteiger partial charge in [-0.1, -0.05) is 35.5 Å². The Morgan fingerprint density at radius 2 is 1.87 bits per heavy atom. The highest BCUT2D eigenvalue weighted by atomic mass is 32.2. The molecule has 1 aromatic heterocycles.